The number of rotatable bonds is 3. The molecule has 1 saturated heterocycles. The van der Waals surface area contributed by atoms with Crippen molar-refractivity contribution >= 4 is 33.2 Å². The van der Waals surface area contributed by atoms with Crippen LogP contribution in [-0.2, 0) is 11.3 Å². The molecule has 1 fully saturated rings. The third-order valence-electron chi connectivity index (χ3n) is 2.53. The second-order valence-electron chi connectivity index (χ2n) is 3.40. The third-order valence-corrected chi connectivity index (χ3v) is 4.34. The van der Waals surface area contributed by atoms with Crippen LogP contribution in [0.15, 0.2) is 15.2 Å². The van der Waals surface area contributed by atoms with Crippen LogP contribution >= 0.6 is 27.3 Å². The molecule has 0 bridgehead atoms. The second kappa shape index (κ2) is 4.00. The van der Waals surface area contributed by atoms with E-state index in [2.05, 4.69) is 26.9 Å². The maximum atomic E-state index is 11.0. The van der Waals surface area contributed by atoms with E-state index in [1.807, 2.05) is 5.38 Å². The van der Waals surface area contributed by atoms with Gasteiger partial charge in [0, 0.05) is 13.1 Å². The van der Waals surface area contributed by atoms with Crippen LogP contribution in [0.1, 0.15) is 12.0 Å². The van der Waals surface area contributed by atoms with Crippen molar-refractivity contribution in [3.63, 3.8) is 0 Å². The smallest absolute Gasteiger partial charge is 0.234 e. The van der Waals surface area contributed by atoms with Crippen LogP contribution in [0.2, 0.25) is 0 Å². The van der Waals surface area contributed by atoms with Gasteiger partial charge >= 0.3 is 0 Å². The average molecular weight is 275 g/mol. The molecule has 2 N–H and O–H groups in total. The highest BCUT2D eigenvalue weighted by Crippen LogP contribution is 2.28. The Morgan fingerprint density at radius 1 is 1.79 bits per heavy atom. The van der Waals surface area contributed by atoms with Gasteiger partial charge in [-0.25, -0.2) is 0 Å². The summed E-state index contributed by atoms with van der Waals surface area (Å²) in [5, 5.41) is 2.04. The molecule has 2 rings (SSSR count). The van der Waals surface area contributed by atoms with Gasteiger partial charge in [0.15, 0.2) is 0 Å². The van der Waals surface area contributed by atoms with Crippen molar-refractivity contribution in [3.05, 3.63) is 20.8 Å². The molecule has 2 heterocycles. The topological polar surface area (TPSA) is 46.3 Å². The van der Waals surface area contributed by atoms with Gasteiger partial charge in [-0.05, 0) is 39.4 Å². The molecular formula is C9H11BrN2OS. The summed E-state index contributed by atoms with van der Waals surface area (Å²) in [6, 6.07) is 2.02. The third kappa shape index (κ3) is 1.85. The lowest BCUT2D eigenvalue weighted by molar-refractivity contribution is -0.127. The number of hydrogen-bond donors (Lipinski definition) is 1. The lowest BCUT2D eigenvalue weighted by Gasteiger charge is -2.38. The number of thiophene rings is 1. The van der Waals surface area contributed by atoms with Gasteiger partial charge in [-0.2, -0.15) is 0 Å². The number of carbonyl (C=O) groups is 1. The zero-order valence-electron chi connectivity index (χ0n) is 7.57. The monoisotopic (exact) mass is 274 g/mol. The van der Waals surface area contributed by atoms with Gasteiger partial charge in [-0.1, -0.05) is 0 Å². The molecule has 0 spiro atoms. The van der Waals surface area contributed by atoms with Crippen molar-refractivity contribution in [3.8, 4) is 0 Å². The molecule has 3 nitrogen and oxygen atoms in total. The predicted molar refractivity (Wildman–Crippen MR) is 60.0 cm³/mol. The average Bonchev–Trinajstić information content (AvgIpc) is 2.44. The molecule has 76 valence electrons. The summed E-state index contributed by atoms with van der Waals surface area (Å²) in [7, 11) is 0. The fourth-order valence-corrected chi connectivity index (χ4v) is 2.82. The molecular weight excluding hydrogens is 264 g/mol. The Hall–Kier alpha value is -0.390. The molecule has 1 aliphatic rings. The summed E-state index contributed by atoms with van der Waals surface area (Å²) in [5.74, 6) is -0.206. The van der Waals surface area contributed by atoms with Gasteiger partial charge in [0.25, 0.3) is 0 Å². The van der Waals surface area contributed by atoms with Crippen molar-refractivity contribution in [1.82, 2.24) is 4.90 Å². The van der Waals surface area contributed by atoms with Crippen molar-refractivity contribution in [2.24, 2.45) is 5.73 Å². The molecule has 0 aromatic carbocycles. The van der Waals surface area contributed by atoms with Crippen molar-refractivity contribution in [2.75, 3.05) is 6.54 Å². The number of carbonyl (C=O) groups excluding carboxylic acids is 1. The summed E-state index contributed by atoms with van der Waals surface area (Å²) < 4.78 is 1.15. The first-order chi connectivity index (χ1) is 6.68. The molecule has 1 amide bonds. The number of hydrogen-bond acceptors (Lipinski definition) is 3. The first kappa shape index (κ1) is 10.1. The van der Waals surface area contributed by atoms with Crippen molar-refractivity contribution < 1.29 is 4.79 Å². The van der Waals surface area contributed by atoms with E-state index < -0.39 is 0 Å². The summed E-state index contributed by atoms with van der Waals surface area (Å²) in [4.78, 5) is 13.1. The first-order valence-electron chi connectivity index (χ1n) is 4.43. The molecule has 1 unspecified atom stereocenters. The van der Waals surface area contributed by atoms with Gasteiger partial charge in [-0.3, -0.25) is 9.69 Å². The molecule has 1 aromatic rings. The lowest BCUT2D eigenvalue weighted by Crippen LogP contribution is -2.54. The highest BCUT2D eigenvalue weighted by Gasteiger charge is 2.32. The standard InChI is InChI=1S/C9H11BrN2OS/c10-8-6(2-4-14-8)5-12-3-1-7(12)9(11)13/h2,4,7H,1,3,5H2,(H2,11,13). The maximum Gasteiger partial charge on any atom is 0.234 e. The Balaban J connectivity index is 1.99. The number of halogens is 1. The summed E-state index contributed by atoms with van der Waals surface area (Å²) in [6.07, 6.45) is 0.900. The van der Waals surface area contributed by atoms with Crippen molar-refractivity contribution in [1.29, 1.82) is 0 Å². The summed E-state index contributed by atoms with van der Waals surface area (Å²) in [5.41, 5.74) is 6.50. The Morgan fingerprint density at radius 3 is 3.00 bits per heavy atom. The van der Waals surface area contributed by atoms with E-state index in [9.17, 15) is 4.79 Å². The minimum absolute atomic E-state index is 0.0539. The Labute approximate surface area is 95.0 Å². The largest absolute Gasteiger partial charge is 0.368 e. The van der Waals surface area contributed by atoms with Gasteiger partial charge in [-0.15, -0.1) is 11.3 Å². The first-order valence-corrected chi connectivity index (χ1v) is 6.11. The molecule has 1 aliphatic heterocycles. The van der Waals surface area contributed by atoms with Gasteiger partial charge < -0.3 is 5.73 Å². The van der Waals surface area contributed by atoms with E-state index in [1.54, 1.807) is 11.3 Å². The minimum Gasteiger partial charge on any atom is -0.368 e. The van der Waals surface area contributed by atoms with Crippen LogP contribution in [0.3, 0.4) is 0 Å². The van der Waals surface area contributed by atoms with Gasteiger partial charge in [0.1, 0.15) is 0 Å². The number of amides is 1. The van der Waals surface area contributed by atoms with E-state index in [4.69, 9.17) is 5.73 Å². The molecule has 1 aromatic heterocycles. The van der Waals surface area contributed by atoms with Gasteiger partial charge in [0.2, 0.25) is 5.91 Å². The highest BCUT2D eigenvalue weighted by atomic mass is 79.9. The van der Waals surface area contributed by atoms with E-state index in [0.717, 1.165) is 23.3 Å². The number of likely N-dealkylation sites (tertiary alicyclic amines) is 1. The van der Waals surface area contributed by atoms with E-state index in [-0.39, 0.29) is 11.9 Å². The van der Waals surface area contributed by atoms with E-state index in [0.29, 0.717) is 0 Å². The van der Waals surface area contributed by atoms with Gasteiger partial charge in [0.05, 0.1) is 9.83 Å². The second-order valence-corrected chi connectivity index (χ2v) is 5.63. The highest BCUT2D eigenvalue weighted by molar-refractivity contribution is 9.11. The fraction of sp³-hybridized carbons (Fsp3) is 0.444. The zero-order chi connectivity index (χ0) is 10.1. The van der Waals surface area contributed by atoms with Crippen LogP contribution in [0, 0.1) is 0 Å². The zero-order valence-corrected chi connectivity index (χ0v) is 9.97. The predicted octanol–water partition coefficient (Wildman–Crippen LogP) is 1.57. The van der Waals surface area contributed by atoms with E-state index >= 15 is 0 Å². The van der Waals surface area contributed by atoms with E-state index in [1.165, 1.54) is 5.56 Å². The van der Waals surface area contributed by atoms with Crippen molar-refractivity contribution in [2.45, 2.75) is 19.0 Å². The molecule has 14 heavy (non-hydrogen) atoms. The fourth-order valence-electron chi connectivity index (χ4n) is 1.60. The van der Waals surface area contributed by atoms with Crippen LogP contribution in [0.5, 0.6) is 0 Å². The number of primary amides is 1. The van der Waals surface area contributed by atoms with Crippen LogP contribution in [0.4, 0.5) is 0 Å². The SMILES string of the molecule is NC(=O)C1CCN1Cc1ccsc1Br. The molecule has 1 atom stereocenters. The summed E-state index contributed by atoms with van der Waals surface area (Å²) in [6.45, 7) is 1.79. The minimum atomic E-state index is -0.206. The molecule has 0 saturated carbocycles. The number of nitrogens with zero attached hydrogens (tertiary/aromatic N) is 1. The summed E-state index contributed by atoms with van der Waals surface area (Å²) >= 11 is 5.15. The maximum absolute atomic E-state index is 11.0. The molecule has 0 aliphatic carbocycles. The molecule has 0 radical (unpaired) electrons. The number of nitrogens with two attached hydrogens (primary N) is 1. The quantitative estimate of drug-likeness (QED) is 0.910. The lowest BCUT2D eigenvalue weighted by atomic mass is 10.0. The Bertz CT molecular complexity index is 352. The molecule has 5 heteroatoms. The Kier molecular flexibility index (Phi) is 2.90. The normalized spacial score (nSPS) is 21.9. The van der Waals surface area contributed by atoms with Crippen LogP contribution in [-0.4, -0.2) is 23.4 Å². The Morgan fingerprint density at radius 2 is 2.57 bits per heavy atom. The van der Waals surface area contributed by atoms with Crippen LogP contribution in [0.25, 0.3) is 0 Å². The van der Waals surface area contributed by atoms with Crippen LogP contribution < -0.4 is 5.73 Å².